The fraction of sp³-hybridized carbons (Fsp3) is 0.100. The van der Waals surface area contributed by atoms with Crippen molar-refractivity contribution in [2.24, 2.45) is 0 Å². The summed E-state index contributed by atoms with van der Waals surface area (Å²) >= 11 is 1.47. The summed E-state index contributed by atoms with van der Waals surface area (Å²) in [5.41, 5.74) is 0.868. The highest BCUT2D eigenvalue weighted by atomic mass is 32.1. The van der Waals surface area contributed by atoms with E-state index in [-0.39, 0.29) is 0 Å². The maximum atomic E-state index is 9.64. The topological polar surface area (TPSA) is 63.3 Å². The van der Waals surface area contributed by atoms with Crippen LogP contribution in [0.1, 0.15) is 10.6 Å². The van der Waals surface area contributed by atoms with Crippen molar-refractivity contribution in [2.45, 2.75) is 6.42 Å². The van der Waals surface area contributed by atoms with Crippen LogP contribution in [0.25, 0.3) is 4.96 Å². The average molecular weight is 232 g/mol. The van der Waals surface area contributed by atoms with Gasteiger partial charge in [-0.25, -0.2) is 0 Å². The molecule has 3 rings (SSSR count). The fourth-order valence-electron chi connectivity index (χ4n) is 1.50. The predicted octanol–water partition coefficient (Wildman–Crippen LogP) is 1.48. The molecule has 2 heterocycles. The lowest BCUT2D eigenvalue weighted by Crippen LogP contribution is -1.89. The number of hydrogen-bond donors (Lipinski definition) is 1. The van der Waals surface area contributed by atoms with Crippen molar-refractivity contribution < 1.29 is 5.11 Å². The molecular formula is C10H8N4OS. The molecule has 0 aliphatic rings. The normalized spacial score (nSPS) is 11.0. The van der Waals surface area contributed by atoms with Crippen LogP contribution in [0.3, 0.4) is 0 Å². The van der Waals surface area contributed by atoms with E-state index in [4.69, 9.17) is 0 Å². The van der Waals surface area contributed by atoms with Crippen LogP contribution >= 0.6 is 11.3 Å². The Balaban J connectivity index is 1.95. The number of aromatic nitrogens is 4. The summed E-state index contributed by atoms with van der Waals surface area (Å²) in [6.45, 7) is 0. The van der Waals surface area contributed by atoms with Gasteiger partial charge in [-0.05, 0) is 6.07 Å². The van der Waals surface area contributed by atoms with Crippen LogP contribution in [0.4, 0.5) is 0 Å². The first-order valence-electron chi connectivity index (χ1n) is 4.75. The lowest BCUT2D eigenvalue weighted by atomic mass is 10.1. The van der Waals surface area contributed by atoms with Crippen LogP contribution < -0.4 is 0 Å². The fourth-order valence-corrected chi connectivity index (χ4v) is 2.33. The molecule has 2 aromatic heterocycles. The monoisotopic (exact) mass is 232 g/mol. The number of aromatic hydroxyl groups is 1. The first-order valence-corrected chi connectivity index (χ1v) is 5.57. The van der Waals surface area contributed by atoms with E-state index in [0.29, 0.717) is 12.2 Å². The molecule has 5 nitrogen and oxygen atoms in total. The Morgan fingerprint density at radius 3 is 3.00 bits per heavy atom. The van der Waals surface area contributed by atoms with Crippen LogP contribution in [-0.4, -0.2) is 24.9 Å². The largest absolute Gasteiger partial charge is 0.508 e. The maximum Gasteiger partial charge on any atom is 0.234 e. The summed E-state index contributed by atoms with van der Waals surface area (Å²) < 4.78 is 1.64. The summed E-state index contributed by atoms with van der Waals surface area (Å²) in [6, 6.07) is 7.26. The van der Waals surface area contributed by atoms with Gasteiger partial charge in [0, 0.05) is 12.0 Å². The second-order valence-electron chi connectivity index (χ2n) is 3.36. The molecule has 0 atom stereocenters. The van der Waals surface area contributed by atoms with E-state index >= 15 is 0 Å². The molecule has 0 aliphatic carbocycles. The van der Waals surface area contributed by atoms with Crippen molar-refractivity contribution in [3.05, 3.63) is 41.2 Å². The molecule has 0 radical (unpaired) electrons. The zero-order valence-electron chi connectivity index (χ0n) is 8.24. The van der Waals surface area contributed by atoms with Crippen LogP contribution in [0, 0.1) is 0 Å². The molecule has 1 aromatic carbocycles. The Kier molecular flexibility index (Phi) is 2.07. The van der Waals surface area contributed by atoms with Crippen molar-refractivity contribution in [2.75, 3.05) is 0 Å². The van der Waals surface area contributed by atoms with Crippen molar-refractivity contribution in [3.8, 4) is 5.75 Å². The SMILES string of the molecule is Oc1ccccc1Cc1nn2cnnc2s1. The first-order chi connectivity index (χ1) is 7.83. The first kappa shape index (κ1) is 9.29. The third-order valence-electron chi connectivity index (χ3n) is 2.26. The second kappa shape index (κ2) is 3.57. The van der Waals surface area contributed by atoms with E-state index in [2.05, 4.69) is 15.3 Å². The van der Waals surface area contributed by atoms with E-state index in [1.807, 2.05) is 12.1 Å². The van der Waals surface area contributed by atoms with Gasteiger partial charge in [-0.15, -0.1) is 10.2 Å². The van der Waals surface area contributed by atoms with Crippen LogP contribution in [-0.2, 0) is 6.42 Å². The zero-order chi connectivity index (χ0) is 11.0. The van der Waals surface area contributed by atoms with Gasteiger partial charge < -0.3 is 5.11 Å². The van der Waals surface area contributed by atoms with Gasteiger partial charge in [0.1, 0.15) is 17.1 Å². The molecule has 0 spiro atoms. The quantitative estimate of drug-likeness (QED) is 0.727. The van der Waals surface area contributed by atoms with E-state index in [9.17, 15) is 5.11 Å². The Morgan fingerprint density at radius 2 is 2.19 bits per heavy atom. The predicted molar refractivity (Wildman–Crippen MR) is 59.6 cm³/mol. The number of phenolic OH excluding ortho intramolecular Hbond substituents is 1. The number of rotatable bonds is 2. The van der Waals surface area contributed by atoms with Crippen molar-refractivity contribution >= 4 is 16.3 Å². The Labute approximate surface area is 95.0 Å². The minimum absolute atomic E-state index is 0.300. The van der Waals surface area contributed by atoms with Gasteiger partial charge in [0.2, 0.25) is 4.96 Å². The van der Waals surface area contributed by atoms with Crippen LogP contribution in [0.15, 0.2) is 30.6 Å². The molecule has 0 amide bonds. The van der Waals surface area contributed by atoms with Crippen LogP contribution in [0.2, 0.25) is 0 Å². The van der Waals surface area contributed by atoms with Gasteiger partial charge in [0.05, 0.1) is 0 Å². The lowest BCUT2D eigenvalue weighted by molar-refractivity contribution is 0.469. The minimum atomic E-state index is 0.300. The smallest absolute Gasteiger partial charge is 0.234 e. The number of fused-ring (bicyclic) bond motifs is 1. The lowest BCUT2D eigenvalue weighted by Gasteiger charge is -1.99. The highest BCUT2D eigenvalue weighted by Gasteiger charge is 2.08. The maximum absolute atomic E-state index is 9.64. The van der Waals surface area contributed by atoms with Gasteiger partial charge in [-0.2, -0.15) is 9.61 Å². The summed E-state index contributed by atoms with van der Waals surface area (Å²) in [4.78, 5) is 0.769. The molecule has 0 aliphatic heterocycles. The van der Waals surface area contributed by atoms with E-state index < -0.39 is 0 Å². The molecule has 0 unspecified atom stereocenters. The Morgan fingerprint density at radius 1 is 1.31 bits per heavy atom. The molecule has 0 saturated carbocycles. The number of para-hydroxylation sites is 1. The summed E-state index contributed by atoms with van der Waals surface area (Å²) in [5, 5.41) is 22.5. The van der Waals surface area contributed by atoms with Crippen molar-refractivity contribution in [1.82, 2.24) is 19.8 Å². The number of nitrogens with zero attached hydrogens (tertiary/aromatic N) is 4. The Bertz CT molecular complexity index is 602. The second-order valence-corrected chi connectivity index (χ2v) is 4.40. The summed E-state index contributed by atoms with van der Waals surface area (Å²) in [7, 11) is 0. The molecule has 0 saturated heterocycles. The highest BCUT2D eigenvalue weighted by molar-refractivity contribution is 7.16. The third kappa shape index (κ3) is 1.53. The molecule has 0 fully saturated rings. The standard InChI is InChI=1S/C10H8N4OS/c15-8-4-2-1-3-7(8)5-9-13-14-6-11-12-10(14)16-9/h1-4,6,15H,5H2. The average Bonchev–Trinajstić information content (AvgIpc) is 2.81. The van der Waals surface area contributed by atoms with E-state index in [1.54, 1.807) is 23.0 Å². The third-order valence-corrected chi connectivity index (χ3v) is 3.17. The molecule has 16 heavy (non-hydrogen) atoms. The molecule has 3 aromatic rings. The minimum Gasteiger partial charge on any atom is -0.508 e. The highest BCUT2D eigenvalue weighted by Crippen LogP contribution is 2.21. The molecule has 1 N–H and O–H groups in total. The van der Waals surface area contributed by atoms with E-state index in [1.165, 1.54) is 11.3 Å². The van der Waals surface area contributed by atoms with E-state index in [0.717, 1.165) is 15.5 Å². The van der Waals surface area contributed by atoms with Crippen molar-refractivity contribution in [3.63, 3.8) is 0 Å². The van der Waals surface area contributed by atoms with Gasteiger partial charge in [0.25, 0.3) is 0 Å². The molecule has 80 valence electrons. The number of phenols is 1. The zero-order valence-corrected chi connectivity index (χ0v) is 9.05. The summed E-state index contributed by atoms with van der Waals surface area (Å²) in [5.74, 6) is 0.300. The van der Waals surface area contributed by atoms with Gasteiger partial charge in [-0.3, -0.25) is 0 Å². The van der Waals surface area contributed by atoms with Gasteiger partial charge in [0.15, 0.2) is 0 Å². The van der Waals surface area contributed by atoms with Crippen molar-refractivity contribution in [1.29, 1.82) is 0 Å². The van der Waals surface area contributed by atoms with Gasteiger partial charge >= 0.3 is 0 Å². The number of hydrogen-bond acceptors (Lipinski definition) is 5. The van der Waals surface area contributed by atoms with Crippen LogP contribution in [0.5, 0.6) is 5.75 Å². The molecule has 0 bridgehead atoms. The van der Waals surface area contributed by atoms with Gasteiger partial charge in [-0.1, -0.05) is 29.5 Å². The number of benzene rings is 1. The Hall–Kier alpha value is -1.95. The summed E-state index contributed by atoms with van der Waals surface area (Å²) in [6.07, 6.45) is 2.18. The molecule has 6 heteroatoms. The molecular weight excluding hydrogens is 224 g/mol.